The number of hydrogen-bond donors (Lipinski definition) is 2. The van der Waals surface area contributed by atoms with Crippen molar-refractivity contribution in [3.8, 4) is 5.75 Å². The Labute approximate surface area is 169 Å². The van der Waals surface area contributed by atoms with Gasteiger partial charge in [0.15, 0.2) is 5.60 Å². The van der Waals surface area contributed by atoms with Crippen LogP contribution in [-0.4, -0.2) is 35.0 Å². The largest absolute Gasteiger partial charge is 0.478 e. The molecule has 7 nitrogen and oxygen atoms in total. The van der Waals surface area contributed by atoms with Crippen LogP contribution in [-0.2, 0) is 15.8 Å². The van der Waals surface area contributed by atoms with E-state index in [2.05, 4.69) is 5.32 Å². The molecule has 3 rings (SSSR count). The molecule has 2 aromatic rings. The Balaban J connectivity index is 1.93. The number of alkyl halides is 3. The number of para-hydroxylation sites is 1. The highest BCUT2D eigenvalue weighted by atomic mass is 19.4. The summed E-state index contributed by atoms with van der Waals surface area (Å²) in [5.74, 6) is -2.60. The maximum Gasteiger partial charge on any atom is 0.418 e. The van der Waals surface area contributed by atoms with Gasteiger partial charge in [0.1, 0.15) is 12.3 Å². The molecule has 2 aromatic carbocycles. The minimum atomic E-state index is -4.68. The van der Waals surface area contributed by atoms with Crippen LogP contribution in [0.1, 0.15) is 29.8 Å². The lowest BCUT2D eigenvalue weighted by Crippen LogP contribution is -2.54. The zero-order valence-electron chi connectivity index (χ0n) is 15.9. The average molecular weight is 422 g/mol. The Kier molecular flexibility index (Phi) is 5.19. The Morgan fingerprint density at radius 2 is 1.83 bits per heavy atom. The van der Waals surface area contributed by atoms with E-state index >= 15 is 0 Å². The highest BCUT2D eigenvalue weighted by molar-refractivity contribution is 6.08. The molecule has 0 saturated heterocycles. The first kappa shape index (κ1) is 21.2. The van der Waals surface area contributed by atoms with Gasteiger partial charge < -0.3 is 15.2 Å². The number of carbonyl (C=O) groups excluding carboxylic acids is 2. The first-order valence-corrected chi connectivity index (χ1v) is 8.74. The fourth-order valence-corrected chi connectivity index (χ4v) is 3.03. The summed E-state index contributed by atoms with van der Waals surface area (Å²) in [6.45, 7) is 2.30. The van der Waals surface area contributed by atoms with E-state index in [1.54, 1.807) is 0 Å². The number of hydrogen-bond acceptors (Lipinski definition) is 4. The third-order valence-electron chi connectivity index (χ3n) is 4.43. The molecule has 1 aliphatic heterocycles. The van der Waals surface area contributed by atoms with Crippen LogP contribution in [0.5, 0.6) is 5.75 Å². The Morgan fingerprint density at radius 1 is 1.17 bits per heavy atom. The second-order valence-electron chi connectivity index (χ2n) is 7.08. The van der Waals surface area contributed by atoms with Crippen LogP contribution in [0, 0.1) is 0 Å². The molecule has 0 saturated carbocycles. The number of benzene rings is 2. The molecule has 2 N–H and O–H groups in total. The summed E-state index contributed by atoms with van der Waals surface area (Å²) in [6.07, 6.45) is -4.68. The van der Waals surface area contributed by atoms with Crippen LogP contribution in [0.4, 0.5) is 24.5 Å². The lowest BCUT2D eigenvalue weighted by Gasteiger charge is -2.38. The summed E-state index contributed by atoms with van der Waals surface area (Å²) in [6, 6.07) is 8.26. The molecule has 0 radical (unpaired) electrons. The maximum atomic E-state index is 13.2. The SMILES string of the molecule is CC1(C)Oc2ccc(C(=O)O)cc2N(CC(=O)Nc2ccccc2C(F)(F)F)C1=O. The van der Waals surface area contributed by atoms with E-state index in [1.807, 2.05) is 0 Å². The van der Waals surface area contributed by atoms with Gasteiger partial charge in [-0.1, -0.05) is 12.1 Å². The molecule has 0 bridgehead atoms. The number of fused-ring (bicyclic) bond motifs is 1. The zero-order chi connectivity index (χ0) is 22.3. The maximum absolute atomic E-state index is 13.2. The number of halogens is 3. The number of nitrogens with one attached hydrogen (secondary N) is 1. The summed E-state index contributed by atoms with van der Waals surface area (Å²) in [5.41, 5.74) is -2.94. The molecule has 2 amide bonds. The smallest absolute Gasteiger partial charge is 0.418 e. The van der Waals surface area contributed by atoms with Gasteiger partial charge in [-0.3, -0.25) is 14.5 Å². The number of nitrogens with zero attached hydrogens (tertiary/aromatic N) is 1. The van der Waals surface area contributed by atoms with Crippen molar-refractivity contribution in [2.75, 3.05) is 16.8 Å². The Hall–Kier alpha value is -3.56. The predicted molar refractivity (Wildman–Crippen MR) is 101 cm³/mol. The van der Waals surface area contributed by atoms with Crippen molar-refractivity contribution in [1.29, 1.82) is 0 Å². The number of aromatic carboxylic acids is 1. The first-order valence-electron chi connectivity index (χ1n) is 8.74. The second kappa shape index (κ2) is 7.36. The van der Waals surface area contributed by atoms with E-state index in [0.717, 1.165) is 17.0 Å². The van der Waals surface area contributed by atoms with Crippen molar-refractivity contribution >= 4 is 29.2 Å². The Morgan fingerprint density at radius 3 is 2.47 bits per heavy atom. The Bertz CT molecular complexity index is 1030. The van der Waals surface area contributed by atoms with Crippen molar-refractivity contribution in [2.24, 2.45) is 0 Å². The van der Waals surface area contributed by atoms with E-state index in [9.17, 15) is 32.7 Å². The second-order valence-corrected chi connectivity index (χ2v) is 7.08. The minimum Gasteiger partial charge on any atom is -0.478 e. The molecular formula is C20H17F3N2O5. The molecule has 0 spiro atoms. The summed E-state index contributed by atoms with van der Waals surface area (Å²) >= 11 is 0. The molecule has 0 fully saturated rings. The molecule has 10 heteroatoms. The number of anilines is 2. The molecule has 0 unspecified atom stereocenters. The summed E-state index contributed by atoms with van der Waals surface area (Å²) in [4.78, 5) is 37.6. The molecule has 30 heavy (non-hydrogen) atoms. The van der Waals surface area contributed by atoms with E-state index in [1.165, 1.54) is 44.2 Å². The van der Waals surface area contributed by atoms with Gasteiger partial charge in [-0.25, -0.2) is 4.79 Å². The molecule has 1 heterocycles. The lowest BCUT2D eigenvalue weighted by atomic mass is 10.0. The van der Waals surface area contributed by atoms with Crippen molar-refractivity contribution in [2.45, 2.75) is 25.6 Å². The van der Waals surface area contributed by atoms with Gasteiger partial charge in [0.2, 0.25) is 5.91 Å². The number of amides is 2. The summed E-state index contributed by atoms with van der Waals surface area (Å²) < 4.78 is 45.0. The summed E-state index contributed by atoms with van der Waals surface area (Å²) in [7, 11) is 0. The monoisotopic (exact) mass is 422 g/mol. The normalized spacial score (nSPS) is 15.2. The van der Waals surface area contributed by atoms with Crippen LogP contribution in [0.25, 0.3) is 0 Å². The van der Waals surface area contributed by atoms with Crippen molar-refractivity contribution < 1.29 is 37.4 Å². The zero-order valence-corrected chi connectivity index (χ0v) is 15.9. The minimum absolute atomic E-state index is 0.0403. The van der Waals surface area contributed by atoms with Gasteiger partial charge in [-0.15, -0.1) is 0 Å². The fourth-order valence-electron chi connectivity index (χ4n) is 3.03. The quantitative estimate of drug-likeness (QED) is 0.786. The molecule has 158 valence electrons. The van der Waals surface area contributed by atoms with Gasteiger partial charge in [0.25, 0.3) is 5.91 Å². The number of rotatable bonds is 4. The van der Waals surface area contributed by atoms with Gasteiger partial charge >= 0.3 is 12.1 Å². The molecular weight excluding hydrogens is 405 g/mol. The van der Waals surface area contributed by atoms with Crippen LogP contribution in [0.3, 0.4) is 0 Å². The number of carbonyl (C=O) groups is 3. The van der Waals surface area contributed by atoms with Crippen molar-refractivity contribution in [3.63, 3.8) is 0 Å². The van der Waals surface area contributed by atoms with Gasteiger partial charge in [-0.2, -0.15) is 13.2 Å². The third kappa shape index (κ3) is 4.07. The van der Waals surface area contributed by atoms with Gasteiger partial charge in [-0.05, 0) is 44.2 Å². The lowest BCUT2D eigenvalue weighted by molar-refractivity contribution is -0.137. The van der Waals surface area contributed by atoms with Crippen LogP contribution in [0.2, 0.25) is 0 Å². The number of carboxylic acid groups (broad SMARTS) is 1. The highest BCUT2D eigenvalue weighted by Crippen LogP contribution is 2.39. The standard InChI is InChI=1S/C20H17F3N2O5/c1-19(2)18(29)25(14-9-11(17(27)28)7-8-15(14)30-19)10-16(26)24-13-6-4-3-5-12(13)20(21,22)23/h3-9H,10H2,1-2H3,(H,24,26)(H,27,28). The fraction of sp³-hybridized carbons (Fsp3) is 0.250. The van der Waals surface area contributed by atoms with Gasteiger partial charge in [0, 0.05) is 0 Å². The van der Waals surface area contributed by atoms with Crippen LogP contribution < -0.4 is 15.0 Å². The highest BCUT2D eigenvalue weighted by Gasteiger charge is 2.42. The van der Waals surface area contributed by atoms with E-state index in [-0.39, 0.29) is 17.0 Å². The third-order valence-corrected chi connectivity index (χ3v) is 4.43. The molecule has 0 aromatic heterocycles. The molecule has 1 aliphatic rings. The van der Waals surface area contributed by atoms with E-state index < -0.39 is 47.4 Å². The van der Waals surface area contributed by atoms with Crippen LogP contribution >= 0.6 is 0 Å². The summed E-state index contributed by atoms with van der Waals surface area (Å²) in [5, 5.41) is 11.4. The predicted octanol–water partition coefficient (Wildman–Crippen LogP) is 3.55. The average Bonchev–Trinajstić information content (AvgIpc) is 2.64. The first-order chi connectivity index (χ1) is 13.9. The number of ether oxygens (including phenoxy) is 1. The van der Waals surface area contributed by atoms with E-state index in [4.69, 9.17) is 4.74 Å². The number of carboxylic acids is 1. The van der Waals surface area contributed by atoms with Crippen molar-refractivity contribution in [1.82, 2.24) is 0 Å². The molecule has 0 aliphatic carbocycles. The van der Waals surface area contributed by atoms with Gasteiger partial charge in [0.05, 0.1) is 22.5 Å². The topological polar surface area (TPSA) is 95.9 Å². The van der Waals surface area contributed by atoms with E-state index in [0.29, 0.717) is 0 Å². The molecule has 0 atom stereocenters. The van der Waals surface area contributed by atoms with Crippen molar-refractivity contribution in [3.05, 3.63) is 53.6 Å². The van der Waals surface area contributed by atoms with Crippen LogP contribution in [0.15, 0.2) is 42.5 Å².